The number of benzene rings is 2. The smallest absolute Gasteiger partial charge is 0.233 e. The molecule has 9 heteroatoms. The van der Waals surface area contributed by atoms with Gasteiger partial charge in [-0.15, -0.1) is 10.2 Å². The number of ether oxygens (including phenoxy) is 2. The molecule has 0 saturated carbocycles. The van der Waals surface area contributed by atoms with Crippen LogP contribution in [0, 0.1) is 6.92 Å². The minimum Gasteiger partial charge on any atom is -0.497 e. The third-order valence-electron chi connectivity index (χ3n) is 5.57. The summed E-state index contributed by atoms with van der Waals surface area (Å²) in [6.07, 6.45) is 3.33. The molecular formula is C24H27ClN4O3S. The number of nitrogens with zero attached hydrogens (tertiary/aromatic N) is 4. The Morgan fingerprint density at radius 1 is 1.06 bits per heavy atom. The Hall–Kier alpha value is -2.71. The summed E-state index contributed by atoms with van der Waals surface area (Å²) in [6, 6.07) is 13.2. The Kier molecular flexibility index (Phi) is 7.77. The molecule has 2 heterocycles. The average Bonchev–Trinajstić information content (AvgIpc) is 3.26. The van der Waals surface area contributed by atoms with Gasteiger partial charge < -0.3 is 14.4 Å². The fourth-order valence-corrected chi connectivity index (χ4v) is 4.70. The molecule has 3 aromatic rings. The van der Waals surface area contributed by atoms with E-state index in [1.54, 1.807) is 7.11 Å². The van der Waals surface area contributed by atoms with Crippen LogP contribution < -0.4 is 9.47 Å². The second-order valence-corrected chi connectivity index (χ2v) is 9.21. The summed E-state index contributed by atoms with van der Waals surface area (Å²) >= 11 is 7.79. The summed E-state index contributed by atoms with van der Waals surface area (Å²) in [6.45, 7) is 3.84. The lowest BCUT2D eigenvalue weighted by molar-refractivity contribution is -0.129. The molecule has 1 saturated heterocycles. The molecular weight excluding hydrogens is 460 g/mol. The molecule has 1 aliphatic rings. The molecule has 33 heavy (non-hydrogen) atoms. The summed E-state index contributed by atoms with van der Waals surface area (Å²) in [5.41, 5.74) is 1.82. The fraction of sp³-hybridized carbons (Fsp3) is 0.375. The van der Waals surface area contributed by atoms with E-state index < -0.39 is 0 Å². The topological polar surface area (TPSA) is 69.5 Å². The molecule has 0 unspecified atom stereocenters. The summed E-state index contributed by atoms with van der Waals surface area (Å²) < 4.78 is 13.0. The van der Waals surface area contributed by atoms with E-state index in [1.165, 1.54) is 18.2 Å². The number of rotatable bonds is 8. The van der Waals surface area contributed by atoms with Crippen LogP contribution in [0.1, 0.15) is 30.7 Å². The normalized spacial score (nSPS) is 13.7. The maximum atomic E-state index is 12.7. The van der Waals surface area contributed by atoms with Gasteiger partial charge in [0.1, 0.15) is 18.1 Å². The highest BCUT2D eigenvalue weighted by molar-refractivity contribution is 7.99. The predicted molar refractivity (Wildman–Crippen MR) is 130 cm³/mol. The van der Waals surface area contributed by atoms with E-state index in [0.717, 1.165) is 42.9 Å². The molecule has 4 rings (SSSR count). The van der Waals surface area contributed by atoms with E-state index in [0.29, 0.717) is 27.5 Å². The van der Waals surface area contributed by atoms with E-state index in [1.807, 2.05) is 58.9 Å². The van der Waals surface area contributed by atoms with Crippen molar-refractivity contribution in [2.75, 3.05) is 26.0 Å². The number of carbonyl (C=O) groups excluding carboxylic acids is 1. The second-order valence-electron chi connectivity index (χ2n) is 7.86. The lowest BCUT2D eigenvalue weighted by Gasteiger charge is -2.26. The van der Waals surface area contributed by atoms with Crippen molar-refractivity contribution in [3.63, 3.8) is 0 Å². The molecule has 0 atom stereocenters. The van der Waals surface area contributed by atoms with Crippen molar-refractivity contribution in [3.8, 4) is 17.2 Å². The Morgan fingerprint density at radius 3 is 2.48 bits per heavy atom. The second kappa shape index (κ2) is 10.9. The number of hydrogen-bond acceptors (Lipinski definition) is 6. The lowest BCUT2D eigenvalue weighted by Crippen LogP contribution is -2.36. The minimum absolute atomic E-state index is 0.132. The van der Waals surface area contributed by atoms with Crippen molar-refractivity contribution in [2.24, 2.45) is 0 Å². The van der Waals surface area contributed by atoms with Crippen LogP contribution in [-0.2, 0) is 11.4 Å². The number of carbonyl (C=O) groups is 1. The number of methoxy groups -OCH3 is 1. The van der Waals surface area contributed by atoms with Gasteiger partial charge in [-0.3, -0.25) is 9.36 Å². The first kappa shape index (κ1) is 23.4. The molecule has 7 nitrogen and oxygen atoms in total. The number of likely N-dealkylation sites (tertiary alicyclic amines) is 1. The zero-order chi connectivity index (χ0) is 23.2. The van der Waals surface area contributed by atoms with Gasteiger partial charge in [-0.25, -0.2) is 0 Å². The Balaban J connectivity index is 1.54. The van der Waals surface area contributed by atoms with Crippen LogP contribution in [0.3, 0.4) is 0 Å². The summed E-state index contributed by atoms with van der Waals surface area (Å²) in [7, 11) is 1.63. The van der Waals surface area contributed by atoms with Crippen LogP contribution >= 0.6 is 23.4 Å². The zero-order valence-corrected chi connectivity index (χ0v) is 20.4. The van der Waals surface area contributed by atoms with Crippen LogP contribution in [0.5, 0.6) is 11.5 Å². The van der Waals surface area contributed by atoms with E-state index >= 15 is 0 Å². The lowest BCUT2D eigenvalue weighted by atomic mass is 10.1. The van der Waals surface area contributed by atoms with Gasteiger partial charge in [0.25, 0.3) is 0 Å². The molecule has 1 fully saturated rings. The van der Waals surface area contributed by atoms with Gasteiger partial charge in [-0.05, 0) is 68.1 Å². The van der Waals surface area contributed by atoms with Gasteiger partial charge in [0.15, 0.2) is 11.0 Å². The molecule has 0 N–H and O–H groups in total. The highest BCUT2D eigenvalue weighted by Gasteiger charge is 2.20. The Bertz CT molecular complexity index is 1100. The predicted octanol–water partition coefficient (Wildman–Crippen LogP) is 4.92. The monoisotopic (exact) mass is 486 g/mol. The average molecular weight is 487 g/mol. The number of amides is 1. The summed E-state index contributed by atoms with van der Waals surface area (Å²) in [4.78, 5) is 14.6. The van der Waals surface area contributed by atoms with Crippen molar-refractivity contribution in [1.82, 2.24) is 19.7 Å². The van der Waals surface area contributed by atoms with Gasteiger partial charge in [0.05, 0.1) is 18.6 Å². The van der Waals surface area contributed by atoms with Crippen molar-refractivity contribution in [2.45, 2.75) is 37.9 Å². The Morgan fingerprint density at radius 2 is 1.79 bits per heavy atom. The number of aryl methyl sites for hydroxylation is 1. The van der Waals surface area contributed by atoms with Crippen molar-refractivity contribution in [3.05, 3.63) is 58.9 Å². The fourth-order valence-electron chi connectivity index (χ4n) is 3.65. The molecule has 0 radical (unpaired) electrons. The SMILES string of the molecule is COc1ccc(OCc2nnc(SCC(=O)N3CCCCC3)n2-c2ccc(C)c(Cl)c2)cc1. The molecule has 174 valence electrons. The standard InChI is InChI=1S/C24H27ClN4O3S/c1-17-6-7-18(14-21(17)25)29-22(15-32-20-10-8-19(31-2)9-11-20)26-27-24(29)33-16-23(30)28-12-4-3-5-13-28/h6-11,14H,3-5,12-13,15-16H2,1-2H3. The molecule has 1 aromatic heterocycles. The Labute approximate surface area is 203 Å². The van der Waals surface area contributed by atoms with Crippen LogP contribution in [0.15, 0.2) is 47.6 Å². The van der Waals surface area contributed by atoms with Gasteiger partial charge in [-0.1, -0.05) is 29.4 Å². The van der Waals surface area contributed by atoms with Crippen LogP contribution in [0.25, 0.3) is 5.69 Å². The zero-order valence-electron chi connectivity index (χ0n) is 18.8. The maximum absolute atomic E-state index is 12.7. The van der Waals surface area contributed by atoms with Crippen molar-refractivity contribution < 1.29 is 14.3 Å². The number of halogens is 1. The first-order valence-corrected chi connectivity index (χ1v) is 12.3. The van der Waals surface area contributed by atoms with E-state index in [9.17, 15) is 4.79 Å². The highest BCUT2D eigenvalue weighted by atomic mass is 35.5. The van der Waals surface area contributed by atoms with Crippen LogP contribution in [0.2, 0.25) is 5.02 Å². The van der Waals surface area contributed by atoms with Gasteiger partial charge >= 0.3 is 0 Å². The van der Waals surface area contributed by atoms with Gasteiger partial charge in [0.2, 0.25) is 5.91 Å². The number of hydrogen-bond donors (Lipinski definition) is 0. The maximum Gasteiger partial charge on any atom is 0.233 e. The van der Waals surface area contributed by atoms with E-state index in [2.05, 4.69) is 10.2 Å². The summed E-state index contributed by atoms with van der Waals surface area (Å²) in [5.74, 6) is 2.53. The quantitative estimate of drug-likeness (QED) is 0.421. The molecule has 1 aliphatic heterocycles. The highest BCUT2D eigenvalue weighted by Crippen LogP contribution is 2.27. The molecule has 2 aromatic carbocycles. The van der Waals surface area contributed by atoms with Crippen LogP contribution in [0.4, 0.5) is 0 Å². The summed E-state index contributed by atoms with van der Waals surface area (Å²) in [5, 5.41) is 10.0. The molecule has 0 aliphatic carbocycles. The van der Waals surface area contributed by atoms with Crippen LogP contribution in [-0.4, -0.2) is 51.5 Å². The third kappa shape index (κ3) is 5.81. The molecule has 0 bridgehead atoms. The first-order valence-electron chi connectivity index (χ1n) is 10.9. The van der Waals surface area contributed by atoms with E-state index in [-0.39, 0.29) is 12.5 Å². The minimum atomic E-state index is 0.132. The van der Waals surface area contributed by atoms with Crippen molar-refractivity contribution >= 4 is 29.3 Å². The molecule has 1 amide bonds. The molecule has 0 spiro atoms. The number of aromatic nitrogens is 3. The van der Waals surface area contributed by atoms with E-state index in [4.69, 9.17) is 21.1 Å². The largest absolute Gasteiger partial charge is 0.497 e. The first-order chi connectivity index (χ1) is 16.0. The number of thioether (sulfide) groups is 1. The van der Waals surface area contributed by atoms with Crippen molar-refractivity contribution in [1.29, 1.82) is 0 Å². The number of piperidine rings is 1. The third-order valence-corrected chi connectivity index (χ3v) is 6.90. The van der Waals surface area contributed by atoms with Gasteiger partial charge in [-0.2, -0.15) is 0 Å². The van der Waals surface area contributed by atoms with Gasteiger partial charge in [0, 0.05) is 18.1 Å².